The van der Waals surface area contributed by atoms with Gasteiger partial charge >= 0.3 is 0 Å². The molecule has 1 aliphatic carbocycles. The van der Waals surface area contributed by atoms with Crippen molar-refractivity contribution in [1.82, 2.24) is 20.2 Å². The fourth-order valence-corrected chi connectivity index (χ4v) is 5.55. The highest BCUT2D eigenvalue weighted by atomic mass is 16.1. The molecular formula is C28H34N6O2. The maximum Gasteiger partial charge on any atom is 0.251 e. The predicted molar refractivity (Wildman–Crippen MR) is 141 cm³/mol. The van der Waals surface area contributed by atoms with Gasteiger partial charge in [-0.1, -0.05) is 50.2 Å². The average Bonchev–Trinajstić information content (AvgIpc) is 3.35. The maximum absolute atomic E-state index is 13.4. The van der Waals surface area contributed by atoms with Crippen molar-refractivity contribution in [3.05, 3.63) is 65.5 Å². The minimum Gasteiger partial charge on any atom is -0.366 e. The molecule has 2 atom stereocenters. The topological polar surface area (TPSA) is 104 Å². The second-order valence-corrected chi connectivity index (χ2v) is 9.80. The third kappa shape index (κ3) is 4.83. The van der Waals surface area contributed by atoms with E-state index in [4.69, 9.17) is 5.73 Å². The number of ketones is 1. The van der Waals surface area contributed by atoms with E-state index in [1.807, 2.05) is 12.1 Å². The van der Waals surface area contributed by atoms with E-state index < -0.39 is 5.91 Å². The molecule has 188 valence electrons. The molecule has 2 fully saturated rings. The number of rotatable bonds is 11. The van der Waals surface area contributed by atoms with Crippen LogP contribution in [0.5, 0.6) is 0 Å². The van der Waals surface area contributed by atoms with Gasteiger partial charge in [-0.25, -0.2) is 9.97 Å². The number of anilines is 1. The highest BCUT2D eigenvalue weighted by Crippen LogP contribution is 2.46. The lowest BCUT2D eigenvalue weighted by Crippen LogP contribution is -2.32. The summed E-state index contributed by atoms with van der Waals surface area (Å²) in [5.41, 5.74) is 7.54. The van der Waals surface area contributed by atoms with Crippen LogP contribution in [0.1, 0.15) is 46.5 Å². The molecule has 8 nitrogen and oxygen atoms in total. The minimum atomic E-state index is -0.519. The number of carbonyl (C=O) groups is 2. The first-order valence-electron chi connectivity index (χ1n) is 12.9. The molecule has 2 heterocycles. The zero-order valence-corrected chi connectivity index (χ0v) is 21.0. The van der Waals surface area contributed by atoms with Crippen LogP contribution in [0, 0.1) is 11.8 Å². The van der Waals surface area contributed by atoms with Gasteiger partial charge in [0.2, 0.25) is 5.95 Å². The quantitative estimate of drug-likeness (QED) is 0.402. The van der Waals surface area contributed by atoms with Crippen molar-refractivity contribution < 1.29 is 9.59 Å². The molecule has 2 aromatic carbocycles. The lowest BCUT2D eigenvalue weighted by Gasteiger charge is -2.21. The zero-order chi connectivity index (χ0) is 25.2. The smallest absolute Gasteiger partial charge is 0.251 e. The molecule has 0 spiro atoms. The zero-order valence-electron chi connectivity index (χ0n) is 21.0. The van der Waals surface area contributed by atoms with Gasteiger partial charge in [-0.2, -0.15) is 0 Å². The molecule has 1 aromatic heterocycles. The number of aromatic nitrogens is 2. The molecular weight excluding hydrogens is 452 g/mol. The summed E-state index contributed by atoms with van der Waals surface area (Å²) in [6, 6.07) is 12.8. The Kier molecular flexibility index (Phi) is 6.98. The highest BCUT2D eigenvalue weighted by Gasteiger charge is 2.56. The van der Waals surface area contributed by atoms with E-state index in [1.54, 1.807) is 0 Å². The van der Waals surface area contributed by atoms with Crippen LogP contribution in [0.15, 0.2) is 48.8 Å². The lowest BCUT2D eigenvalue weighted by atomic mass is 9.94. The SMILES string of the molecule is CCN(CC)CCC(=O)c1c(CNC2C3CN(c4ncc(C(N)=O)cn4)CC32)ccc2ccccc12. The van der Waals surface area contributed by atoms with E-state index in [9.17, 15) is 9.59 Å². The Morgan fingerprint density at radius 1 is 1.06 bits per heavy atom. The number of amides is 1. The Morgan fingerprint density at radius 2 is 1.75 bits per heavy atom. The molecule has 2 aliphatic rings. The van der Waals surface area contributed by atoms with Crippen LogP contribution in [-0.2, 0) is 6.54 Å². The largest absolute Gasteiger partial charge is 0.366 e. The molecule has 5 rings (SSSR count). The van der Waals surface area contributed by atoms with E-state index in [1.165, 1.54) is 12.4 Å². The molecule has 36 heavy (non-hydrogen) atoms. The Hall–Kier alpha value is -3.36. The van der Waals surface area contributed by atoms with Crippen LogP contribution in [0.25, 0.3) is 10.8 Å². The maximum atomic E-state index is 13.4. The number of benzene rings is 2. The van der Waals surface area contributed by atoms with E-state index in [2.05, 4.69) is 63.2 Å². The Morgan fingerprint density at radius 3 is 2.42 bits per heavy atom. The second kappa shape index (κ2) is 10.3. The first-order chi connectivity index (χ1) is 17.5. The summed E-state index contributed by atoms with van der Waals surface area (Å²) < 4.78 is 0. The molecule has 0 radical (unpaired) electrons. The van der Waals surface area contributed by atoms with Crippen LogP contribution >= 0.6 is 0 Å². The van der Waals surface area contributed by atoms with Crippen LogP contribution in [0.4, 0.5) is 5.95 Å². The van der Waals surface area contributed by atoms with Crippen molar-refractivity contribution >= 4 is 28.4 Å². The summed E-state index contributed by atoms with van der Waals surface area (Å²) in [6.45, 7) is 9.41. The number of piperidine rings is 1. The average molecular weight is 487 g/mol. The molecule has 1 saturated heterocycles. The molecule has 3 N–H and O–H groups in total. The van der Waals surface area contributed by atoms with Gasteiger partial charge in [0.15, 0.2) is 5.78 Å². The Labute approximate surface area is 211 Å². The number of carbonyl (C=O) groups excluding carboxylic acids is 2. The highest BCUT2D eigenvalue weighted by molar-refractivity contribution is 6.09. The minimum absolute atomic E-state index is 0.217. The third-order valence-electron chi connectivity index (χ3n) is 7.77. The summed E-state index contributed by atoms with van der Waals surface area (Å²) in [4.78, 5) is 37.8. The standard InChI is InChI=1S/C28H34N6O2/c1-3-33(4-2)12-11-24(35)25-19(10-9-18-7-5-6-8-21(18)25)13-30-26-22-16-34(17-23(22)26)28-31-14-20(15-32-28)27(29)36/h5-10,14-15,22-23,26,30H,3-4,11-13,16-17H2,1-2H3,(H2,29,36). The number of Topliss-reactive ketones (excluding diaryl/α,β-unsaturated/α-hetero) is 1. The Bertz CT molecular complexity index is 1240. The molecule has 1 aliphatic heterocycles. The number of nitrogens with zero attached hydrogens (tertiary/aromatic N) is 4. The summed E-state index contributed by atoms with van der Waals surface area (Å²) in [6.07, 6.45) is 3.51. The lowest BCUT2D eigenvalue weighted by molar-refractivity contribution is 0.0965. The van der Waals surface area contributed by atoms with E-state index in [0.29, 0.717) is 42.4 Å². The predicted octanol–water partition coefficient (Wildman–Crippen LogP) is 2.87. The first kappa shape index (κ1) is 24.3. The van der Waals surface area contributed by atoms with Crippen LogP contribution in [-0.4, -0.2) is 65.3 Å². The van der Waals surface area contributed by atoms with Crippen LogP contribution < -0.4 is 16.0 Å². The van der Waals surface area contributed by atoms with E-state index in [0.717, 1.165) is 54.6 Å². The number of nitrogens with one attached hydrogen (secondary N) is 1. The number of nitrogens with two attached hydrogens (primary N) is 1. The first-order valence-corrected chi connectivity index (χ1v) is 12.9. The number of hydrogen-bond donors (Lipinski definition) is 2. The van der Waals surface area contributed by atoms with Crippen molar-refractivity contribution in [2.75, 3.05) is 37.6 Å². The van der Waals surface area contributed by atoms with E-state index in [-0.39, 0.29) is 5.78 Å². The van der Waals surface area contributed by atoms with Crippen molar-refractivity contribution in [2.24, 2.45) is 17.6 Å². The second-order valence-electron chi connectivity index (χ2n) is 9.80. The fourth-order valence-electron chi connectivity index (χ4n) is 5.55. The molecule has 8 heteroatoms. The summed E-state index contributed by atoms with van der Waals surface area (Å²) in [5, 5.41) is 5.87. The van der Waals surface area contributed by atoms with Crippen molar-refractivity contribution in [2.45, 2.75) is 32.9 Å². The van der Waals surface area contributed by atoms with Crippen LogP contribution in [0.2, 0.25) is 0 Å². The van der Waals surface area contributed by atoms with Gasteiger partial charge in [-0.3, -0.25) is 9.59 Å². The molecule has 1 amide bonds. The monoisotopic (exact) mass is 486 g/mol. The molecule has 0 bridgehead atoms. The summed E-state index contributed by atoms with van der Waals surface area (Å²) >= 11 is 0. The van der Waals surface area contributed by atoms with Gasteiger partial charge in [-0.05, 0) is 41.3 Å². The van der Waals surface area contributed by atoms with Gasteiger partial charge in [0.05, 0.1) is 5.56 Å². The van der Waals surface area contributed by atoms with Gasteiger partial charge in [0.25, 0.3) is 5.91 Å². The van der Waals surface area contributed by atoms with Gasteiger partial charge in [0.1, 0.15) is 0 Å². The molecule has 2 unspecified atom stereocenters. The van der Waals surface area contributed by atoms with Gasteiger partial charge in [0, 0.05) is 56.6 Å². The fraction of sp³-hybridized carbons (Fsp3) is 0.429. The normalized spacial score (nSPS) is 20.6. The number of hydrogen-bond acceptors (Lipinski definition) is 7. The van der Waals surface area contributed by atoms with Crippen molar-refractivity contribution in [3.8, 4) is 0 Å². The molecule has 1 saturated carbocycles. The van der Waals surface area contributed by atoms with Gasteiger partial charge < -0.3 is 20.9 Å². The number of fused-ring (bicyclic) bond motifs is 2. The van der Waals surface area contributed by atoms with Crippen LogP contribution in [0.3, 0.4) is 0 Å². The molecule has 3 aromatic rings. The number of primary amides is 1. The third-order valence-corrected chi connectivity index (χ3v) is 7.77. The summed E-state index contributed by atoms with van der Waals surface area (Å²) in [5.74, 6) is 1.41. The van der Waals surface area contributed by atoms with Crippen molar-refractivity contribution in [1.29, 1.82) is 0 Å². The van der Waals surface area contributed by atoms with Crippen molar-refractivity contribution in [3.63, 3.8) is 0 Å². The summed E-state index contributed by atoms with van der Waals surface area (Å²) in [7, 11) is 0. The Balaban J connectivity index is 1.24. The van der Waals surface area contributed by atoms with E-state index >= 15 is 0 Å². The van der Waals surface area contributed by atoms with Gasteiger partial charge in [-0.15, -0.1) is 0 Å².